The van der Waals surface area contributed by atoms with Crippen LogP contribution in [0.1, 0.15) is 5.56 Å². The highest BCUT2D eigenvalue weighted by atomic mass is 35.5. The maximum Gasteiger partial charge on any atom is 0.314 e. The average molecular weight is 301 g/mol. The quantitative estimate of drug-likeness (QED) is 0.656. The SMILES string of the molecule is N#Cc1ccc(NC(=O)C(=O)Nc2cccnc2Cl)cc1. The van der Waals surface area contributed by atoms with Crippen LogP contribution in [0.15, 0.2) is 42.6 Å². The van der Waals surface area contributed by atoms with Gasteiger partial charge in [-0.15, -0.1) is 0 Å². The van der Waals surface area contributed by atoms with Gasteiger partial charge in [0.05, 0.1) is 17.3 Å². The van der Waals surface area contributed by atoms with E-state index >= 15 is 0 Å². The first-order valence-corrected chi connectivity index (χ1v) is 6.21. The molecule has 0 radical (unpaired) electrons. The van der Waals surface area contributed by atoms with Crippen LogP contribution in [-0.4, -0.2) is 16.8 Å². The molecule has 2 rings (SSSR count). The van der Waals surface area contributed by atoms with Gasteiger partial charge >= 0.3 is 11.8 Å². The highest BCUT2D eigenvalue weighted by Crippen LogP contribution is 2.17. The van der Waals surface area contributed by atoms with Crippen LogP contribution in [0.2, 0.25) is 5.15 Å². The monoisotopic (exact) mass is 300 g/mol. The Morgan fingerprint density at radius 2 is 1.76 bits per heavy atom. The molecule has 0 fully saturated rings. The van der Waals surface area contributed by atoms with E-state index < -0.39 is 11.8 Å². The minimum absolute atomic E-state index is 0.0945. The number of benzene rings is 1. The predicted molar refractivity (Wildman–Crippen MR) is 77.7 cm³/mol. The molecular weight excluding hydrogens is 292 g/mol. The summed E-state index contributed by atoms with van der Waals surface area (Å²) in [5, 5.41) is 13.5. The third-order valence-corrected chi connectivity index (χ3v) is 2.79. The number of nitrogens with zero attached hydrogens (tertiary/aromatic N) is 2. The summed E-state index contributed by atoms with van der Waals surface area (Å²) < 4.78 is 0. The standard InChI is InChI=1S/C14H9ClN4O2/c15-12-11(2-1-7-17-12)19-14(21)13(20)18-10-5-3-9(8-16)4-6-10/h1-7H,(H,18,20)(H,19,21). The fraction of sp³-hybridized carbons (Fsp3) is 0. The molecule has 1 aromatic heterocycles. The summed E-state index contributed by atoms with van der Waals surface area (Å²) >= 11 is 5.78. The van der Waals surface area contributed by atoms with Crippen LogP contribution in [0.4, 0.5) is 11.4 Å². The topological polar surface area (TPSA) is 94.9 Å². The van der Waals surface area contributed by atoms with Crippen molar-refractivity contribution in [1.82, 2.24) is 4.98 Å². The van der Waals surface area contributed by atoms with Crippen molar-refractivity contribution in [1.29, 1.82) is 5.26 Å². The number of amides is 2. The number of anilines is 2. The molecule has 0 saturated heterocycles. The first kappa shape index (κ1) is 14.5. The number of rotatable bonds is 2. The molecule has 0 atom stereocenters. The van der Waals surface area contributed by atoms with Crippen molar-refractivity contribution < 1.29 is 9.59 Å². The number of hydrogen-bond donors (Lipinski definition) is 2. The fourth-order valence-corrected chi connectivity index (χ4v) is 1.64. The lowest BCUT2D eigenvalue weighted by Crippen LogP contribution is -2.29. The highest BCUT2D eigenvalue weighted by molar-refractivity contribution is 6.44. The third-order valence-electron chi connectivity index (χ3n) is 2.49. The van der Waals surface area contributed by atoms with Gasteiger partial charge in [-0.2, -0.15) is 5.26 Å². The molecule has 21 heavy (non-hydrogen) atoms. The maximum absolute atomic E-state index is 11.7. The van der Waals surface area contributed by atoms with Crippen LogP contribution in [0.5, 0.6) is 0 Å². The number of hydrogen-bond acceptors (Lipinski definition) is 4. The van der Waals surface area contributed by atoms with Crippen molar-refractivity contribution in [2.45, 2.75) is 0 Å². The summed E-state index contributed by atoms with van der Waals surface area (Å²) in [7, 11) is 0. The predicted octanol–water partition coefficient (Wildman–Crippen LogP) is 2.18. The van der Waals surface area contributed by atoms with Crippen LogP contribution < -0.4 is 10.6 Å². The minimum Gasteiger partial charge on any atom is -0.318 e. The Balaban J connectivity index is 2.01. The summed E-state index contributed by atoms with van der Waals surface area (Å²) in [6.07, 6.45) is 1.47. The maximum atomic E-state index is 11.7. The largest absolute Gasteiger partial charge is 0.318 e. The normalized spacial score (nSPS) is 9.52. The van der Waals surface area contributed by atoms with Gasteiger partial charge in [0.1, 0.15) is 0 Å². The summed E-state index contributed by atoms with van der Waals surface area (Å²) in [5.74, 6) is -1.71. The number of aromatic nitrogens is 1. The summed E-state index contributed by atoms with van der Waals surface area (Å²) in [5.41, 5.74) is 1.12. The number of pyridine rings is 1. The van der Waals surface area contributed by atoms with E-state index in [0.29, 0.717) is 11.3 Å². The van der Waals surface area contributed by atoms with E-state index in [9.17, 15) is 9.59 Å². The number of carbonyl (C=O) groups is 2. The van der Waals surface area contributed by atoms with Crippen LogP contribution in [-0.2, 0) is 9.59 Å². The van der Waals surface area contributed by atoms with Crippen molar-refractivity contribution in [3.63, 3.8) is 0 Å². The molecule has 104 valence electrons. The molecule has 2 N–H and O–H groups in total. The van der Waals surface area contributed by atoms with Crippen molar-refractivity contribution in [3.8, 4) is 6.07 Å². The lowest BCUT2D eigenvalue weighted by molar-refractivity contribution is -0.133. The van der Waals surface area contributed by atoms with Crippen molar-refractivity contribution >= 4 is 34.8 Å². The van der Waals surface area contributed by atoms with Gasteiger partial charge in [-0.1, -0.05) is 11.6 Å². The average Bonchev–Trinajstić information content (AvgIpc) is 2.50. The number of nitriles is 1. The molecule has 0 aliphatic rings. The summed E-state index contributed by atoms with van der Waals surface area (Å²) in [6.45, 7) is 0. The molecule has 2 amide bonds. The van der Waals surface area contributed by atoms with Crippen molar-refractivity contribution in [2.75, 3.05) is 10.6 Å². The molecule has 0 aliphatic carbocycles. The van der Waals surface area contributed by atoms with Crippen molar-refractivity contribution in [2.24, 2.45) is 0 Å². The van der Waals surface area contributed by atoms with Gasteiger partial charge in [0, 0.05) is 11.9 Å². The number of carbonyl (C=O) groups excluding carboxylic acids is 2. The van der Waals surface area contributed by atoms with Gasteiger partial charge in [-0.05, 0) is 36.4 Å². The molecular formula is C14H9ClN4O2. The zero-order valence-electron chi connectivity index (χ0n) is 10.6. The van der Waals surface area contributed by atoms with Crippen LogP contribution in [0.25, 0.3) is 0 Å². The lowest BCUT2D eigenvalue weighted by atomic mass is 10.2. The summed E-state index contributed by atoms with van der Waals surface area (Å²) in [6, 6.07) is 11.2. The molecule has 0 spiro atoms. The Kier molecular flexibility index (Phi) is 4.49. The molecule has 7 heteroatoms. The molecule has 0 saturated carbocycles. The molecule has 6 nitrogen and oxygen atoms in total. The minimum atomic E-state index is -0.866. The van der Waals surface area contributed by atoms with Crippen LogP contribution >= 0.6 is 11.6 Å². The number of nitrogens with one attached hydrogen (secondary N) is 2. The van der Waals surface area contributed by atoms with Gasteiger partial charge in [0.2, 0.25) is 0 Å². The van der Waals surface area contributed by atoms with E-state index in [-0.39, 0.29) is 10.8 Å². The van der Waals surface area contributed by atoms with E-state index in [1.807, 2.05) is 6.07 Å². The van der Waals surface area contributed by atoms with Crippen LogP contribution in [0.3, 0.4) is 0 Å². The first-order valence-electron chi connectivity index (χ1n) is 5.83. The van der Waals surface area contributed by atoms with E-state index in [0.717, 1.165) is 0 Å². The smallest absolute Gasteiger partial charge is 0.314 e. The summed E-state index contributed by atoms with van der Waals surface area (Å²) in [4.78, 5) is 27.2. The Hall–Kier alpha value is -2.91. The molecule has 0 bridgehead atoms. The molecule has 1 heterocycles. The lowest BCUT2D eigenvalue weighted by Gasteiger charge is -2.07. The third kappa shape index (κ3) is 3.78. The van der Waals surface area contributed by atoms with Gasteiger partial charge < -0.3 is 10.6 Å². The zero-order valence-corrected chi connectivity index (χ0v) is 11.4. The molecule has 1 aromatic carbocycles. The first-order chi connectivity index (χ1) is 10.1. The van der Waals surface area contributed by atoms with Crippen LogP contribution in [0, 0.1) is 11.3 Å². The van der Waals surface area contributed by atoms with E-state index in [1.54, 1.807) is 6.07 Å². The Morgan fingerprint density at radius 3 is 2.38 bits per heavy atom. The second-order valence-electron chi connectivity index (χ2n) is 3.94. The number of halogens is 1. The van der Waals surface area contributed by atoms with Gasteiger partial charge in [-0.3, -0.25) is 9.59 Å². The Bertz CT molecular complexity index is 722. The van der Waals surface area contributed by atoms with Gasteiger partial charge in [0.25, 0.3) is 0 Å². The highest BCUT2D eigenvalue weighted by Gasteiger charge is 2.15. The zero-order chi connectivity index (χ0) is 15.2. The Morgan fingerprint density at radius 1 is 1.10 bits per heavy atom. The molecule has 2 aromatic rings. The van der Waals surface area contributed by atoms with E-state index in [2.05, 4.69) is 15.6 Å². The van der Waals surface area contributed by atoms with Gasteiger partial charge in [-0.25, -0.2) is 4.98 Å². The molecule has 0 unspecified atom stereocenters. The Labute approximate surface area is 125 Å². The molecule has 0 aliphatic heterocycles. The fourth-order valence-electron chi connectivity index (χ4n) is 1.47. The van der Waals surface area contributed by atoms with E-state index in [1.165, 1.54) is 36.5 Å². The second kappa shape index (κ2) is 6.50. The van der Waals surface area contributed by atoms with Gasteiger partial charge in [0.15, 0.2) is 5.15 Å². The van der Waals surface area contributed by atoms with Crippen molar-refractivity contribution in [3.05, 3.63) is 53.3 Å². The van der Waals surface area contributed by atoms with E-state index in [4.69, 9.17) is 16.9 Å². The second-order valence-corrected chi connectivity index (χ2v) is 4.30.